The lowest BCUT2D eigenvalue weighted by atomic mass is 9.91. The van der Waals surface area contributed by atoms with E-state index in [0.29, 0.717) is 17.8 Å². The third-order valence-corrected chi connectivity index (χ3v) is 6.66. The number of imidazole rings is 1. The summed E-state index contributed by atoms with van der Waals surface area (Å²) in [5.74, 6) is 1.60. The van der Waals surface area contributed by atoms with Gasteiger partial charge in [0.05, 0.1) is 7.11 Å². The van der Waals surface area contributed by atoms with Crippen LogP contribution in [0.3, 0.4) is 0 Å². The number of ether oxygens (including phenoxy) is 1. The molecule has 7 heteroatoms. The maximum absolute atomic E-state index is 13.0. The van der Waals surface area contributed by atoms with Crippen LogP contribution in [-0.4, -0.2) is 34.5 Å². The van der Waals surface area contributed by atoms with Gasteiger partial charge < -0.3 is 21.1 Å². The number of nitrogens with one attached hydrogen (secondary N) is 2. The van der Waals surface area contributed by atoms with E-state index in [2.05, 4.69) is 22.8 Å². The maximum Gasteiger partial charge on any atom is 0.251 e. The zero-order valence-corrected chi connectivity index (χ0v) is 19.9. The van der Waals surface area contributed by atoms with Crippen molar-refractivity contribution in [3.05, 3.63) is 84.1 Å². The normalized spacial score (nSPS) is 17.8. The molecule has 1 fully saturated rings. The van der Waals surface area contributed by atoms with E-state index < -0.39 is 0 Å². The number of hydrogen-bond acceptors (Lipinski definition) is 5. The highest BCUT2D eigenvalue weighted by atomic mass is 16.5. The lowest BCUT2D eigenvalue weighted by molar-refractivity contribution is 0.0926. The van der Waals surface area contributed by atoms with E-state index in [1.807, 2.05) is 65.2 Å². The van der Waals surface area contributed by atoms with Crippen LogP contribution in [0.4, 0.5) is 5.82 Å². The van der Waals surface area contributed by atoms with Gasteiger partial charge in [-0.1, -0.05) is 30.3 Å². The number of benzene rings is 2. The Balaban J connectivity index is 1.45. The Hall–Kier alpha value is -3.84. The smallest absolute Gasteiger partial charge is 0.251 e. The minimum Gasteiger partial charge on any atom is -0.497 e. The van der Waals surface area contributed by atoms with E-state index in [0.717, 1.165) is 48.5 Å². The minimum absolute atomic E-state index is 0.0687. The van der Waals surface area contributed by atoms with Crippen LogP contribution < -0.4 is 21.1 Å². The average molecular weight is 470 g/mol. The predicted octanol–water partition coefficient (Wildman–Crippen LogP) is 4.62. The predicted molar refractivity (Wildman–Crippen MR) is 139 cm³/mol. The second kappa shape index (κ2) is 10.2. The van der Waals surface area contributed by atoms with Gasteiger partial charge in [0.25, 0.3) is 5.91 Å². The van der Waals surface area contributed by atoms with Crippen molar-refractivity contribution in [1.29, 1.82) is 0 Å². The Kier molecular flexibility index (Phi) is 6.68. The number of nitrogens with two attached hydrogens (primary N) is 1. The monoisotopic (exact) mass is 469 g/mol. The van der Waals surface area contributed by atoms with E-state index in [4.69, 9.17) is 15.5 Å². The number of fused-ring (bicyclic) bond motifs is 1. The summed E-state index contributed by atoms with van der Waals surface area (Å²) in [4.78, 5) is 17.9. The van der Waals surface area contributed by atoms with Crippen LogP contribution in [0.1, 0.15) is 41.6 Å². The second-order valence-electron chi connectivity index (χ2n) is 9.11. The molecule has 0 saturated heterocycles. The van der Waals surface area contributed by atoms with Gasteiger partial charge in [0, 0.05) is 36.0 Å². The summed E-state index contributed by atoms with van der Waals surface area (Å²) in [5, 5.41) is 6.73. The van der Waals surface area contributed by atoms with Crippen LogP contribution >= 0.6 is 0 Å². The molecule has 0 aliphatic heterocycles. The molecule has 0 spiro atoms. The Labute approximate surface area is 205 Å². The fourth-order valence-electron chi connectivity index (χ4n) is 4.62. The van der Waals surface area contributed by atoms with E-state index in [9.17, 15) is 4.79 Å². The number of rotatable bonds is 7. The lowest BCUT2D eigenvalue weighted by Crippen LogP contribution is -2.40. The number of amides is 1. The summed E-state index contributed by atoms with van der Waals surface area (Å²) in [6.07, 6.45) is 5.66. The zero-order valence-electron chi connectivity index (χ0n) is 19.9. The molecule has 5 rings (SSSR count). The highest BCUT2D eigenvalue weighted by Gasteiger charge is 2.21. The Morgan fingerprint density at radius 3 is 2.51 bits per heavy atom. The first-order valence-electron chi connectivity index (χ1n) is 12.1. The molecule has 1 aliphatic carbocycles. The summed E-state index contributed by atoms with van der Waals surface area (Å²) in [5.41, 5.74) is 10.3. The van der Waals surface area contributed by atoms with E-state index >= 15 is 0 Å². The largest absolute Gasteiger partial charge is 0.497 e. The summed E-state index contributed by atoms with van der Waals surface area (Å²) < 4.78 is 7.32. The summed E-state index contributed by atoms with van der Waals surface area (Å²) in [6.45, 7) is 0.657. The quantitative estimate of drug-likeness (QED) is 0.367. The molecule has 1 saturated carbocycles. The molecule has 2 heterocycles. The summed E-state index contributed by atoms with van der Waals surface area (Å²) in [7, 11) is 1.65. The number of nitrogens with zero attached hydrogens (tertiary/aromatic N) is 2. The summed E-state index contributed by atoms with van der Waals surface area (Å²) >= 11 is 0. The van der Waals surface area contributed by atoms with Crippen molar-refractivity contribution in [2.45, 2.75) is 44.3 Å². The molecular weight excluding hydrogens is 438 g/mol. The third kappa shape index (κ3) is 5.15. The molecule has 2 aromatic heterocycles. The first-order chi connectivity index (χ1) is 17.1. The SMILES string of the molecule is COc1ccc(-c2nc3cc(C(=O)NC4CCC(N)CC4)ccn3c2NCc2ccccc2)cc1. The van der Waals surface area contributed by atoms with Gasteiger partial charge in [-0.05, 0) is 67.6 Å². The number of carbonyl (C=O) groups is 1. The van der Waals surface area contributed by atoms with Crippen LogP contribution in [0, 0.1) is 0 Å². The first-order valence-corrected chi connectivity index (χ1v) is 12.1. The number of hydrogen-bond donors (Lipinski definition) is 3. The molecule has 35 heavy (non-hydrogen) atoms. The standard InChI is InChI=1S/C28H31N5O2/c1-35-24-13-7-20(8-14-24)26-27(30-18-19-5-3-2-4-6-19)33-16-15-21(17-25(33)32-26)28(34)31-23-11-9-22(29)10-12-23/h2-8,13-17,22-23,30H,9-12,18,29H2,1H3,(H,31,34). The van der Waals surface area contributed by atoms with Crippen LogP contribution in [0.2, 0.25) is 0 Å². The van der Waals surface area contributed by atoms with Crippen LogP contribution in [0.25, 0.3) is 16.9 Å². The van der Waals surface area contributed by atoms with E-state index in [1.165, 1.54) is 5.56 Å². The van der Waals surface area contributed by atoms with Gasteiger partial charge in [0.2, 0.25) is 0 Å². The summed E-state index contributed by atoms with van der Waals surface area (Å²) in [6, 6.07) is 22.2. The molecule has 1 amide bonds. The van der Waals surface area contributed by atoms with Gasteiger partial charge in [0.1, 0.15) is 22.9 Å². The van der Waals surface area contributed by atoms with Crippen molar-refractivity contribution >= 4 is 17.4 Å². The molecule has 0 radical (unpaired) electrons. The first kappa shape index (κ1) is 22.9. The highest BCUT2D eigenvalue weighted by Crippen LogP contribution is 2.31. The minimum atomic E-state index is -0.0687. The third-order valence-electron chi connectivity index (χ3n) is 6.66. The number of carbonyl (C=O) groups excluding carboxylic acids is 1. The van der Waals surface area contributed by atoms with Crippen molar-refractivity contribution in [2.24, 2.45) is 5.73 Å². The fraction of sp³-hybridized carbons (Fsp3) is 0.286. The number of anilines is 1. The van der Waals surface area contributed by atoms with Crippen LogP contribution in [0.15, 0.2) is 72.9 Å². The number of methoxy groups -OCH3 is 1. The molecule has 4 aromatic rings. The molecule has 0 unspecified atom stereocenters. The topological polar surface area (TPSA) is 93.7 Å². The van der Waals surface area contributed by atoms with Crippen LogP contribution in [0.5, 0.6) is 5.75 Å². The van der Waals surface area contributed by atoms with Gasteiger partial charge >= 0.3 is 0 Å². The van der Waals surface area contributed by atoms with Crippen molar-refractivity contribution in [1.82, 2.24) is 14.7 Å². The van der Waals surface area contributed by atoms with Crippen molar-refractivity contribution in [3.8, 4) is 17.0 Å². The molecule has 7 nitrogen and oxygen atoms in total. The van der Waals surface area contributed by atoms with Gasteiger partial charge in [0.15, 0.2) is 0 Å². The van der Waals surface area contributed by atoms with Crippen LogP contribution in [-0.2, 0) is 6.54 Å². The van der Waals surface area contributed by atoms with Gasteiger partial charge in [-0.25, -0.2) is 4.98 Å². The Morgan fingerprint density at radius 2 is 1.80 bits per heavy atom. The maximum atomic E-state index is 13.0. The van der Waals surface area contributed by atoms with Gasteiger partial charge in [-0.2, -0.15) is 0 Å². The molecular formula is C28H31N5O2. The second-order valence-corrected chi connectivity index (χ2v) is 9.11. The number of aromatic nitrogens is 2. The van der Waals surface area contributed by atoms with E-state index in [-0.39, 0.29) is 18.0 Å². The fourth-order valence-corrected chi connectivity index (χ4v) is 4.62. The van der Waals surface area contributed by atoms with Crippen molar-refractivity contribution < 1.29 is 9.53 Å². The lowest BCUT2D eigenvalue weighted by Gasteiger charge is -2.26. The molecule has 1 aliphatic rings. The Morgan fingerprint density at radius 1 is 1.06 bits per heavy atom. The van der Waals surface area contributed by atoms with Crippen molar-refractivity contribution in [3.63, 3.8) is 0 Å². The highest BCUT2D eigenvalue weighted by molar-refractivity contribution is 5.95. The van der Waals surface area contributed by atoms with Gasteiger partial charge in [-0.15, -0.1) is 0 Å². The van der Waals surface area contributed by atoms with Crippen molar-refractivity contribution in [2.75, 3.05) is 12.4 Å². The molecule has 0 atom stereocenters. The molecule has 0 bridgehead atoms. The Bertz CT molecular complexity index is 1290. The van der Waals surface area contributed by atoms with E-state index in [1.54, 1.807) is 7.11 Å². The number of pyridine rings is 1. The molecule has 4 N–H and O–H groups in total. The average Bonchev–Trinajstić information content (AvgIpc) is 3.27. The van der Waals surface area contributed by atoms with Gasteiger partial charge in [-0.3, -0.25) is 9.20 Å². The molecule has 2 aromatic carbocycles. The molecule has 180 valence electrons. The zero-order chi connectivity index (χ0) is 24.2.